The Labute approximate surface area is 187 Å². The van der Waals surface area contributed by atoms with Crippen molar-refractivity contribution in [2.24, 2.45) is 0 Å². The largest absolute Gasteiger partial charge is 0.465 e. The summed E-state index contributed by atoms with van der Waals surface area (Å²) in [4.78, 5) is 26.5. The Morgan fingerprint density at radius 2 is 1.71 bits per heavy atom. The summed E-state index contributed by atoms with van der Waals surface area (Å²) in [5.41, 5.74) is 1.74. The van der Waals surface area contributed by atoms with Crippen molar-refractivity contribution in [2.45, 2.75) is 50.8 Å². The van der Waals surface area contributed by atoms with Crippen molar-refractivity contribution in [1.82, 2.24) is 4.31 Å². The van der Waals surface area contributed by atoms with Crippen molar-refractivity contribution in [3.63, 3.8) is 0 Å². The van der Waals surface area contributed by atoms with Crippen molar-refractivity contribution in [3.8, 4) is 0 Å². The fraction of sp³-hybridized carbons (Fsp3) is 0.455. The number of anilines is 1. The lowest BCUT2D eigenvalue weighted by Gasteiger charge is -2.18. The highest BCUT2D eigenvalue weighted by Crippen LogP contribution is 2.38. The number of hydrogen-bond acceptors (Lipinski definition) is 6. The third-order valence-corrected chi connectivity index (χ3v) is 8.77. The summed E-state index contributed by atoms with van der Waals surface area (Å²) in [5, 5.41) is 3.33. The molecule has 0 fully saturated rings. The first-order valence-corrected chi connectivity index (χ1v) is 12.7. The predicted octanol–water partition coefficient (Wildman–Crippen LogP) is 4.09. The van der Waals surface area contributed by atoms with Crippen molar-refractivity contribution in [2.75, 3.05) is 25.5 Å². The Hall–Kier alpha value is -2.23. The maximum absolute atomic E-state index is 12.8. The third kappa shape index (κ3) is 4.83. The monoisotopic (exact) mass is 464 g/mol. The second-order valence-electron chi connectivity index (χ2n) is 7.33. The lowest BCUT2D eigenvalue weighted by molar-refractivity contribution is 0.0601. The summed E-state index contributed by atoms with van der Waals surface area (Å²) in [6.07, 6.45) is 4.86. The van der Waals surface area contributed by atoms with Crippen LogP contribution in [0.3, 0.4) is 0 Å². The average molecular weight is 465 g/mol. The number of esters is 1. The van der Waals surface area contributed by atoms with Crippen LogP contribution in [0.4, 0.5) is 5.00 Å². The number of nitrogens with one attached hydrogen (secondary N) is 1. The van der Waals surface area contributed by atoms with E-state index >= 15 is 0 Å². The molecule has 0 spiro atoms. The van der Waals surface area contributed by atoms with Gasteiger partial charge in [-0.2, -0.15) is 4.31 Å². The van der Waals surface area contributed by atoms with Crippen LogP contribution >= 0.6 is 11.3 Å². The first-order chi connectivity index (χ1) is 14.8. The number of sulfonamides is 1. The Kier molecular flexibility index (Phi) is 7.51. The van der Waals surface area contributed by atoms with E-state index in [1.54, 1.807) is 13.8 Å². The van der Waals surface area contributed by atoms with Gasteiger partial charge in [0.25, 0.3) is 5.91 Å². The molecule has 1 amide bonds. The Morgan fingerprint density at radius 3 is 2.32 bits per heavy atom. The number of benzene rings is 1. The van der Waals surface area contributed by atoms with Crippen molar-refractivity contribution < 1.29 is 22.7 Å². The number of carbonyl (C=O) groups is 2. The Bertz CT molecular complexity index is 1050. The van der Waals surface area contributed by atoms with Gasteiger partial charge in [0.2, 0.25) is 10.0 Å². The zero-order valence-electron chi connectivity index (χ0n) is 18.1. The average Bonchev–Trinajstić information content (AvgIpc) is 2.94. The van der Waals surface area contributed by atoms with E-state index in [-0.39, 0.29) is 4.90 Å². The zero-order valence-corrected chi connectivity index (χ0v) is 19.7. The molecule has 1 aliphatic rings. The minimum absolute atomic E-state index is 0.144. The van der Waals surface area contributed by atoms with E-state index in [0.29, 0.717) is 29.2 Å². The van der Waals surface area contributed by atoms with Gasteiger partial charge in [0.15, 0.2) is 0 Å². The Morgan fingerprint density at radius 1 is 1.06 bits per heavy atom. The molecule has 9 heteroatoms. The van der Waals surface area contributed by atoms with Gasteiger partial charge in [-0.1, -0.05) is 20.3 Å². The number of aryl methyl sites for hydroxylation is 1. The first kappa shape index (κ1) is 23.4. The third-order valence-electron chi connectivity index (χ3n) is 5.50. The molecule has 0 saturated carbocycles. The quantitative estimate of drug-likeness (QED) is 0.492. The molecule has 0 aliphatic heterocycles. The highest BCUT2D eigenvalue weighted by molar-refractivity contribution is 7.89. The SMILES string of the molecule is CCN(CC)S(=O)(=O)c1ccc(C(=O)Nc2sc3c(c2C(=O)OC)CCCCC3)cc1. The summed E-state index contributed by atoms with van der Waals surface area (Å²) in [6, 6.07) is 5.85. The van der Waals surface area contributed by atoms with Crippen molar-refractivity contribution in [3.05, 3.63) is 45.8 Å². The van der Waals surface area contributed by atoms with Crippen LogP contribution in [-0.4, -0.2) is 44.8 Å². The van der Waals surface area contributed by atoms with Crippen molar-refractivity contribution in [1.29, 1.82) is 0 Å². The maximum Gasteiger partial charge on any atom is 0.341 e. The second-order valence-corrected chi connectivity index (χ2v) is 10.4. The minimum Gasteiger partial charge on any atom is -0.465 e. The van der Waals surface area contributed by atoms with Gasteiger partial charge in [-0.15, -0.1) is 11.3 Å². The fourth-order valence-electron chi connectivity index (χ4n) is 3.81. The number of rotatable bonds is 7. The molecule has 1 aliphatic carbocycles. The van der Waals surface area contributed by atoms with Crippen LogP contribution in [0.15, 0.2) is 29.2 Å². The fourth-order valence-corrected chi connectivity index (χ4v) is 6.55. The number of hydrogen-bond donors (Lipinski definition) is 1. The number of fused-ring (bicyclic) bond motifs is 1. The molecular weight excluding hydrogens is 436 g/mol. The van der Waals surface area contributed by atoms with Crippen LogP contribution in [0.25, 0.3) is 0 Å². The van der Waals surface area contributed by atoms with Crippen LogP contribution in [0.1, 0.15) is 64.3 Å². The van der Waals surface area contributed by atoms with Crippen molar-refractivity contribution >= 4 is 38.2 Å². The van der Waals surface area contributed by atoms with E-state index in [4.69, 9.17) is 4.74 Å². The number of ether oxygens (including phenoxy) is 1. The molecular formula is C22H28N2O5S2. The number of carbonyl (C=O) groups excluding carboxylic acids is 2. The van der Waals surface area contributed by atoms with E-state index in [1.165, 1.54) is 47.0 Å². The van der Waals surface area contributed by atoms with Gasteiger partial charge >= 0.3 is 5.97 Å². The highest BCUT2D eigenvalue weighted by Gasteiger charge is 2.27. The van der Waals surface area contributed by atoms with Gasteiger partial charge in [-0.25, -0.2) is 13.2 Å². The predicted molar refractivity (Wildman–Crippen MR) is 121 cm³/mol. The minimum atomic E-state index is -3.59. The zero-order chi connectivity index (χ0) is 22.6. The second kappa shape index (κ2) is 9.93. The molecule has 0 bridgehead atoms. The van der Waals surface area contributed by atoms with Gasteiger partial charge in [-0.3, -0.25) is 4.79 Å². The van der Waals surface area contributed by atoms with E-state index in [1.807, 2.05) is 0 Å². The molecule has 1 aromatic heterocycles. The highest BCUT2D eigenvalue weighted by atomic mass is 32.2. The number of thiophene rings is 1. The van der Waals surface area contributed by atoms with E-state index in [0.717, 1.165) is 42.5 Å². The first-order valence-electron chi connectivity index (χ1n) is 10.5. The van der Waals surface area contributed by atoms with E-state index in [9.17, 15) is 18.0 Å². The molecule has 0 atom stereocenters. The normalized spacial score (nSPS) is 14.1. The molecule has 168 valence electrons. The number of amides is 1. The summed E-state index contributed by atoms with van der Waals surface area (Å²) in [7, 11) is -2.25. The summed E-state index contributed by atoms with van der Waals surface area (Å²) < 4.78 is 31.6. The molecule has 3 rings (SSSR count). The topological polar surface area (TPSA) is 92.8 Å². The lowest BCUT2D eigenvalue weighted by atomic mass is 10.1. The summed E-state index contributed by atoms with van der Waals surface area (Å²) >= 11 is 1.42. The van der Waals surface area contributed by atoms with Crippen LogP contribution in [-0.2, 0) is 27.6 Å². The molecule has 0 saturated heterocycles. The van der Waals surface area contributed by atoms with Crippen LogP contribution in [0.2, 0.25) is 0 Å². The van der Waals surface area contributed by atoms with Gasteiger partial charge in [0.1, 0.15) is 5.00 Å². The van der Waals surface area contributed by atoms with Gasteiger partial charge in [-0.05, 0) is 55.5 Å². The van der Waals surface area contributed by atoms with E-state index in [2.05, 4.69) is 5.32 Å². The molecule has 1 aromatic carbocycles. The lowest BCUT2D eigenvalue weighted by Crippen LogP contribution is -2.30. The van der Waals surface area contributed by atoms with Gasteiger partial charge in [0, 0.05) is 23.5 Å². The number of nitrogens with zero attached hydrogens (tertiary/aromatic N) is 1. The molecule has 7 nitrogen and oxygen atoms in total. The standard InChI is InChI=1S/C22H28N2O5S2/c1-4-24(5-2)31(27,28)16-13-11-15(12-14-16)20(25)23-21-19(22(26)29-3)17-9-7-6-8-10-18(17)30-21/h11-14H,4-10H2,1-3H3,(H,23,25). The molecule has 1 N–H and O–H groups in total. The van der Waals surface area contributed by atoms with Crippen LogP contribution in [0, 0.1) is 0 Å². The van der Waals surface area contributed by atoms with E-state index < -0.39 is 21.9 Å². The molecule has 0 radical (unpaired) electrons. The molecule has 1 heterocycles. The molecule has 31 heavy (non-hydrogen) atoms. The smallest absolute Gasteiger partial charge is 0.341 e. The summed E-state index contributed by atoms with van der Waals surface area (Å²) in [5.74, 6) is -0.844. The maximum atomic E-state index is 12.8. The molecule has 0 unspecified atom stereocenters. The van der Waals surface area contributed by atoms with Gasteiger partial charge in [0.05, 0.1) is 17.6 Å². The Balaban J connectivity index is 1.86. The summed E-state index contributed by atoms with van der Waals surface area (Å²) in [6.45, 7) is 4.32. The molecule has 2 aromatic rings. The van der Waals surface area contributed by atoms with Crippen LogP contribution < -0.4 is 5.32 Å². The number of methoxy groups -OCH3 is 1. The van der Waals surface area contributed by atoms with Gasteiger partial charge < -0.3 is 10.1 Å². The van der Waals surface area contributed by atoms with Crippen LogP contribution in [0.5, 0.6) is 0 Å².